The van der Waals surface area contributed by atoms with Gasteiger partial charge in [-0.3, -0.25) is 4.98 Å². The third-order valence-corrected chi connectivity index (χ3v) is 4.37. The summed E-state index contributed by atoms with van der Waals surface area (Å²) < 4.78 is 34.0. The zero-order valence-corrected chi connectivity index (χ0v) is 17.8. The molecule has 148 valence electrons. The van der Waals surface area contributed by atoms with Crippen molar-refractivity contribution in [3.8, 4) is 28.5 Å². The molecule has 0 aliphatic carbocycles. The second kappa shape index (κ2) is 10.8. The fourth-order valence-electron chi connectivity index (χ4n) is 2.25. The summed E-state index contributed by atoms with van der Waals surface area (Å²) in [7, 11) is -2.35. The normalized spacial score (nSPS) is 10.1. The van der Waals surface area contributed by atoms with E-state index in [-0.39, 0.29) is 28.1 Å². The SMILES string of the molecule is CC.COc1ccc(-c2cccc(Oc3nc[c-]cc3S(N)(=O)=O)c2)cc1.[Cr]. The van der Waals surface area contributed by atoms with E-state index < -0.39 is 10.0 Å². The zero-order chi connectivity index (χ0) is 19.9. The molecule has 2 N–H and O–H groups in total. The monoisotopic (exact) mass is 437 g/mol. The first-order chi connectivity index (χ1) is 13.0. The minimum atomic E-state index is -3.96. The van der Waals surface area contributed by atoms with E-state index in [0.29, 0.717) is 5.75 Å². The van der Waals surface area contributed by atoms with Crippen molar-refractivity contribution in [3.05, 3.63) is 66.9 Å². The molecule has 0 atom stereocenters. The number of ether oxygens (including phenoxy) is 2. The van der Waals surface area contributed by atoms with Gasteiger partial charge in [0.25, 0.3) is 0 Å². The molecule has 0 unspecified atom stereocenters. The number of pyridine rings is 1. The Balaban J connectivity index is 0.00000127. The summed E-state index contributed by atoms with van der Waals surface area (Å²) in [5.74, 6) is 1.11. The fourth-order valence-corrected chi connectivity index (χ4v) is 2.82. The van der Waals surface area contributed by atoms with Gasteiger partial charge in [-0.1, -0.05) is 44.3 Å². The molecule has 0 aliphatic heterocycles. The minimum absolute atomic E-state index is 0. The molecule has 8 heteroatoms. The number of nitrogens with two attached hydrogens (primary N) is 1. The Morgan fingerprint density at radius 1 is 1.00 bits per heavy atom. The predicted molar refractivity (Wildman–Crippen MR) is 104 cm³/mol. The Labute approximate surface area is 176 Å². The van der Waals surface area contributed by atoms with E-state index in [4.69, 9.17) is 14.6 Å². The zero-order valence-electron chi connectivity index (χ0n) is 15.7. The van der Waals surface area contributed by atoms with Crippen LogP contribution < -0.4 is 14.6 Å². The van der Waals surface area contributed by atoms with Crippen molar-refractivity contribution in [1.29, 1.82) is 0 Å². The molecule has 0 saturated heterocycles. The van der Waals surface area contributed by atoms with Crippen LogP contribution in [0.15, 0.2) is 65.7 Å². The number of rotatable bonds is 5. The number of hydrogen-bond acceptors (Lipinski definition) is 5. The second-order valence-electron chi connectivity index (χ2n) is 5.14. The third kappa shape index (κ3) is 6.08. The molecule has 3 rings (SSSR count). The van der Waals surface area contributed by atoms with E-state index in [2.05, 4.69) is 11.1 Å². The van der Waals surface area contributed by atoms with Crippen molar-refractivity contribution in [2.24, 2.45) is 5.14 Å². The predicted octanol–water partition coefficient (Wildman–Crippen LogP) is 4.02. The van der Waals surface area contributed by atoms with E-state index in [1.165, 1.54) is 12.3 Å². The molecule has 1 aromatic heterocycles. The standard InChI is InChI=1S/C18H15N2O4S.C2H6.Cr/c1-23-15-9-7-13(8-10-15)14-4-2-5-16(12-14)24-18-17(25(19,21)22)6-3-11-20-18;1-2;/h2,4-12H,1H3,(H2,19,21,22);1-2H3;/q-1;;. The Hall–Kier alpha value is -2.37. The van der Waals surface area contributed by atoms with E-state index in [1.807, 2.05) is 44.2 Å². The van der Waals surface area contributed by atoms with Gasteiger partial charge in [0.15, 0.2) is 15.9 Å². The van der Waals surface area contributed by atoms with E-state index >= 15 is 0 Å². The number of hydrogen-bond donors (Lipinski definition) is 1. The van der Waals surface area contributed by atoms with Crippen LogP contribution in [0.1, 0.15) is 13.8 Å². The van der Waals surface area contributed by atoms with Gasteiger partial charge >= 0.3 is 0 Å². The summed E-state index contributed by atoms with van der Waals surface area (Å²) in [5.41, 5.74) is 1.87. The first-order valence-electron chi connectivity index (χ1n) is 8.28. The maximum atomic E-state index is 11.6. The molecule has 0 amide bonds. The van der Waals surface area contributed by atoms with E-state index in [0.717, 1.165) is 16.9 Å². The summed E-state index contributed by atoms with van der Waals surface area (Å²) in [6.45, 7) is 4.00. The van der Waals surface area contributed by atoms with Crippen LogP contribution in [0.2, 0.25) is 0 Å². The maximum Gasteiger partial charge on any atom is 0.174 e. The largest absolute Gasteiger partial charge is 0.497 e. The molecule has 3 aromatic rings. The Kier molecular flexibility index (Phi) is 9.16. The van der Waals surface area contributed by atoms with Crippen molar-refractivity contribution in [1.82, 2.24) is 4.98 Å². The Bertz CT molecular complexity index is 993. The second-order valence-corrected chi connectivity index (χ2v) is 6.67. The average Bonchev–Trinajstić information content (AvgIpc) is 2.69. The molecule has 1 heterocycles. The molecule has 28 heavy (non-hydrogen) atoms. The summed E-state index contributed by atoms with van der Waals surface area (Å²) in [5, 5.41) is 5.18. The molecule has 0 spiro atoms. The van der Waals surface area contributed by atoms with Gasteiger partial charge in [-0.2, -0.15) is 0 Å². The number of primary sulfonamides is 1. The van der Waals surface area contributed by atoms with Gasteiger partial charge in [0, 0.05) is 17.4 Å². The summed E-state index contributed by atoms with van der Waals surface area (Å²) in [6.07, 6.45) is 1.32. The Morgan fingerprint density at radius 3 is 2.29 bits per heavy atom. The van der Waals surface area contributed by atoms with Crippen molar-refractivity contribution in [3.63, 3.8) is 0 Å². The van der Waals surface area contributed by atoms with Crippen molar-refractivity contribution >= 4 is 10.0 Å². The van der Waals surface area contributed by atoms with Crippen LogP contribution in [-0.4, -0.2) is 20.5 Å². The molecular formula is C20H21CrN2O4S-. The summed E-state index contributed by atoms with van der Waals surface area (Å²) >= 11 is 0. The molecular weight excluding hydrogens is 416 g/mol. The average molecular weight is 437 g/mol. The number of methoxy groups -OCH3 is 1. The van der Waals surface area contributed by atoms with Gasteiger partial charge in [-0.25, -0.2) is 25.7 Å². The molecule has 2 aromatic carbocycles. The van der Waals surface area contributed by atoms with Gasteiger partial charge in [0.05, 0.1) is 7.11 Å². The number of benzene rings is 2. The molecule has 0 aliphatic rings. The fraction of sp³-hybridized carbons (Fsp3) is 0.150. The first kappa shape index (κ1) is 23.7. The van der Waals surface area contributed by atoms with E-state index in [9.17, 15) is 8.42 Å². The van der Waals surface area contributed by atoms with Crippen molar-refractivity contribution < 1.29 is 35.3 Å². The topological polar surface area (TPSA) is 91.5 Å². The number of aromatic nitrogens is 1. The van der Waals surface area contributed by atoms with Crippen LogP contribution in [0.5, 0.6) is 17.4 Å². The molecule has 0 radical (unpaired) electrons. The first-order valence-corrected chi connectivity index (χ1v) is 9.83. The van der Waals surface area contributed by atoms with Crippen molar-refractivity contribution in [2.45, 2.75) is 18.7 Å². The summed E-state index contributed by atoms with van der Waals surface area (Å²) in [4.78, 5) is 3.69. The number of sulfonamides is 1. The minimum Gasteiger partial charge on any atom is -0.497 e. The molecule has 0 bridgehead atoms. The van der Waals surface area contributed by atoms with Crippen LogP contribution in [-0.2, 0) is 27.4 Å². The van der Waals surface area contributed by atoms with Crippen LogP contribution >= 0.6 is 0 Å². The van der Waals surface area contributed by atoms with Crippen LogP contribution in [0.3, 0.4) is 0 Å². The van der Waals surface area contributed by atoms with Crippen LogP contribution in [0.4, 0.5) is 0 Å². The number of nitrogens with zero attached hydrogens (tertiary/aromatic N) is 1. The molecule has 0 saturated carbocycles. The van der Waals surface area contributed by atoms with Gasteiger partial charge in [-0.15, -0.1) is 0 Å². The molecule has 0 fully saturated rings. The molecule has 6 nitrogen and oxygen atoms in total. The smallest absolute Gasteiger partial charge is 0.174 e. The van der Waals surface area contributed by atoms with Gasteiger partial charge in [0.2, 0.25) is 0 Å². The van der Waals surface area contributed by atoms with Crippen LogP contribution in [0.25, 0.3) is 11.1 Å². The Morgan fingerprint density at radius 2 is 1.68 bits per heavy atom. The third-order valence-electron chi connectivity index (χ3n) is 3.46. The van der Waals surface area contributed by atoms with Crippen molar-refractivity contribution in [2.75, 3.05) is 7.11 Å². The van der Waals surface area contributed by atoms with Crippen LogP contribution in [0, 0.1) is 6.07 Å². The van der Waals surface area contributed by atoms with Gasteiger partial charge in [0.1, 0.15) is 11.5 Å². The maximum absolute atomic E-state index is 11.6. The van der Waals surface area contributed by atoms with E-state index in [1.54, 1.807) is 25.3 Å². The van der Waals surface area contributed by atoms with Gasteiger partial charge in [-0.05, 0) is 40.3 Å². The van der Waals surface area contributed by atoms with Gasteiger partial charge < -0.3 is 9.47 Å². The summed E-state index contributed by atoms with van der Waals surface area (Å²) in [6, 6.07) is 18.6. The quantitative estimate of drug-likeness (QED) is 0.609.